The quantitative estimate of drug-likeness (QED) is 0.468. The molecule has 6 aliphatic rings. The summed E-state index contributed by atoms with van der Waals surface area (Å²) in [6.07, 6.45) is 5.68. The summed E-state index contributed by atoms with van der Waals surface area (Å²) in [5.41, 5.74) is -1.75. The average molecular weight is 487 g/mol. The molecule has 0 aromatic carbocycles. The molecule has 0 aromatic heterocycles. The Kier molecular flexibility index (Phi) is 4.63. The molecule has 8 nitrogen and oxygen atoms in total. The molecule has 3 saturated heterocycles. The Bertz CT molecular complexity index is 1090. The van der Waals surface area contributed by atoms with E-state index in [0.717, 1.165) is 6.42 Å². The number of esters is 3. The van der Waals surface area contributed by atoms with Crippen LogP contribution in [0.5, 0.6) is 0 Å². The maximum absolute atomic E-state index is 12.7. The van der Waals surface area contributed by atoms with Gasteiger partial charge in [0.05, 0.1) is 24.0 Å². The molecule has 190 valence electrons. The summed E-state index contributed by atoms with van der Waals surface area (Å²) in [7, 11) is 0. The molecule has 0 amide bonds. The second kappa shape index (κ2) is 6.97. The highest BCUT2D eigenvalue weighted by Gasteiger charge is 2.77. The zero-order chi connectivity index (χ0) is 25.1. The van der Waals surface area contributed by atoms with Gasteiger partial charge in [-0.15, -0.1) is 0 Å². The topological polar surface area (TPSA) is 108 Å². The van der Waals surface area contributed by atoms with Crippen molar-refractivity contribution in [1.29, 1.82) is 0 Å². The summed E-state index contributed by atoms with van der Waals surface area (Å²) < 4.78 is 23.8. The van der Waals surface area contributed by atoms with Gasteiger partial charge >= 0.3 is 17.9 Å². The molecule has 35 heavy (non-hydrogen) atoms. The molecular weight excluding hydrogens is 452 g/mol. The van der Waals surface area contributed by atoms with Crippen LogP contribution in [0.15, 0.2) is 23.5 Å². The van der Waals surface area contributed by atoms with Crippen LogP contribution < -0.4 is 0 Å². The molecule has 4 aliphatic heterocycles. The molecule has 2 aliphatic carbocycles. The molecule has 0 radical (unpaired) electrons. The lowest BCUT2D eigenvalue weighted by Gasteiger charge is -2.41. The summed E-state index contributed by atoms with van der Waals surface area (Å²) in [4.78, 5) is 37.2. The van der Waals surface area contributed by atoms with Crippen LogP contribution in [0, 0.1) is 35.0 Å². The number of rotatable bonds is 2. The van der Waals surface area contributed by atoms with E-state index in [1.165, 1.54) is 0 Å². The van der Waals surface area contributed by atoms with Crippen molar-refractivity contribution in [3.63, 3.8) is 0 Å². The number of fused-ring (bicyclic) bond motifs is 6. The van der Waals surface area contributed by atoms with Crippen LogP contribution >= 0.6 is 0 Å². The van der Waals surface area contributed by atoms with Gasteiger partial charge in [0.25, 0.3) is 0 Å². The number of hydrogen-bond donors (Lipinski definition) is 1. The molecule has 8 heteroatoms. The van der Waals surface area contributed by atoms with E-state index in [2.05, 4.69) is 0 Å². The van der Waals surface area contributed by atoms with Crippen molar-refractivity contribution in [3.05, 3.63) is 23.5 Å². The predicted octanol–water partition coefficient (Wildman–Crippen LogP) is 3.18. The van der Waals surface area contributed by atoms with E-state index in [9.17, 15) is 19.5 Å². The molecule has 5 fully saturated rings. The SMILES string of the molecule is CC1=C/C(=C/[C@@H](C)[C@@]23OC(=O)C[C@@]2(C)[C@H]2C[C@]4(O)C[C@@H]5C(=O)OC(C)(C)[C@@H]5CC[C@@H]4[C@H]2O3)OC1=O. The van der Waals surface area contributed by atoms with Gasteiger partial charge in [0.15, 0.2) is 0 Å². The van der Waals surface area contributed by atoms with E-state index in [-0.39, 0.29) is 60.0 Å². The number of ether oxygens (including phenoxy) is 4. The Labute approximate surface area is 205 Å². The van der Waals surface area contributed by atoms with Crippen molar-refractivity contribution >= 4 is 17.9 Å². The maximum atomic E-state index is 12.7. The van der Waals surface area contributed by atoms with Crippen LogP contribution in [-0.4, -0.2) is 46.1 Å². The van der Waals surface area contributed by atoms with Crippen molar-refractivity contribution in [2.24, 2.45) is 35.0 Å². The normalized spacial score (nSPS) is 49.4. The Morgan fingerprint density at radius 3 is 2.46 bits per heavy atom. The van der Waals surface area contributed by atoms with E-state index in [1.807, 2.05) is 27.7 Å². The molecule has 0 unspecified atom stereocenters. The Morgan fingerprint density at radius 2 is 1.77 bits per heavy atom. The van der Waals surface area contributed by atoms with Crippen LogP contribution in [0.2, 0.25) is 0 Å². The first-order valence-electron chi connectivity index (χ1n) is 12.8. The van der Waals surface area contributed by atoms with Crippen molar-refractivity contribution < 1.29 is 38.4 Å². The monoisotopic (exact) mass is 486 g/mol. The van der Waals surface area contributed by atoms with E-state index >= 15 is 0 Å². The Morgan fingerprint density at radius 1 is 1.06 bits per heavy atom. The number of carbonyl (C=O) groups excluding carboxylic acids is 3. The third-order valence-electron chi connectivity index (χ3n) is 10.1. The molecule has 0 bridgehead atoms. The fourth-order valence-electron chi connectivity index (χ4n) is 8.37. The lowest BCUT2D eigenvalue weighted by Crippen LogP contribution is -2.50. The Hall–Kier alpha value is -2.19. The molecular formula is C27H34O8. The number of hydrogen-bond acceptors (Lipinski definition) is 8. The van der Waals surface area contributed by atoms with Gasteiger partial charge in [0, 0.05) is 34.7 Å². The summed E-state index contributed by atoms with van der Waals surface area (Å²) in [6, 6.07) is 0. The van der Waals surface area contributed by atoms with Gasteiger partial charge in [-0.3, -0.25) is 9.59 Å². The molecule has 9 atom stereocenters. The lowest BCUT2D eigenvalue weighted by molar-refractivity contribution is -0.257. The third-order valence-corrected chi connectivity index (χ3v) is 10.1. The van der Waals surface area contributed by atoms with E-state index in [0.29, 0.717) is 30.6 Å². The van der Waals surface area contributed by atoms with Crippen LogP contribution in [0.1, 0.15) is 66.7 Å². The molecule has 2 saturated carbocycles. The standard InChI is InChI=1S/C27H34O8/c1-13-8-15(32-22(13)29)9-14(2)27-25(5,12-20(28)33-27)19-11-26(31)10-16-17(24(3,4)35-23(16)30)6-7-18(26)21(19)34-27/h8-9,14,16-19,21,31H,6-7,10-12H2,1-5H3/b15-9-/t14-,16+,17-,18-,19+,21-,25+,26-,27+/m1/s1. The highest BCUT2D eigenvalue weighted by molar-refractivity contribution is 5.92. The molecule has 1 N–H and O–H groups in total. The number of allylic oxidation sites excluding steroid dienone is 1. The second-order valence-electron chi connectivity index (χ2n) is 12.4. The summed E-state index contributed by atoms with van der Waals surface area (Å²) in [5.74, 6) is -2.61. The number of carbonyl (C=O) groups is 3. The van der Waals surface area contributed by atoms with Gasteiger partial charge in [0.2, 0.25) is 5.79 Å². The van der Waals surface area contributed by atoms with Crippen molar-refractivity contribution in [2.45, 2.75) is 89.8 Å². The zero-order valence-corrected chi connectivity index (χ0v) is 21.0. The summed E-state index contributed by atoms with van der Waals surface area (Å²) in [6.45, 7) is 9.54. The highest BCUT2D eigenvalue weighted by atomic mass is 16.7. The molecule has 0 spiro atoms. The van der Waals surface area contributed by atoms with Crippen LogP contribution in [-0.2, 0) is 33.3 Å². The largest absolute Gasteiger partial charge is 0.459 e. The summed E-state index contributed by atoms with van der Waals surface area (Å²) in [5, 5.41) is 12.0. The molecule has 6 rings (SSSR count). The Balaban J connectivity index is 1.34. The molecule has 4 heterocycles. The van der Waals surface area contributed by atoms with Gasteiger partial charge in [-0.1, -0.05) is 13.8 Å². The van der Waals surface area contributed by atoms with Gasteiger partial charge in [-0.25, -0.2) is 4.79 Å². The van der Waals surface area contributed by atoms with Crippen LogP contribution in [0.4, 0.5) is 0 Å². The van der Waals surface area contributed by atoms with E-state index < -0.39 is 22.4 Å². The van der Waals surface area contributed by atoms with Crippen molar-refractivity contribution in [3.8, 4) is 0 Å². The fourth-order valence-corrected chi connectivity index (χ4v) is 8.37. The zero-order valence-electron chi connectivity index (χ0n) is 21.0. The summed E-state index contributed by atoms with van der Waals surface area (Å²) >= 11 is 0. The first kappa shape index (κ1) is 23.2. The van der Waals surface area contributed by atoms with Crippen LogP contribution in [0.25, 0.3) is 0 Å². The minimum absolute atomic E-state index is 0.0575. The smallest absolute Gasteiger partial charge is 0.339 e. The minimum atomic E-state index is -1.20. The van der Waals surface area contributed by atoms with Gasteiger partial charge in [0.1, 0.15) is 11.4 Å². The van der Waals surface area contributed by atoms with Gasteiger partial charge in [-0.05, 0) is 58.6 Å². The minimum Gasteiger partial charge on any atom is -0.459 e. The first-order chi connectivity index (χ1) is 16.3. The third kappa shape index (κ3) is 2.95. The number of cyclic esters (lactones) is 2. The first-order valence-corrected chi connectivity index (χ1v) is 12.8. The maximum Gasteiger partial charge on any atom is 0.339 e. The predicted molar refractivity (Wildman–Crippen MR) is 121 cm³/mol. The lowest BCUT2D eigenvalue weighted by atomic mass is 9.66. The van der Waals surface area contributed by atoms with Gasteiger partial charge < -0.3 is 24.1 Å². The van der Waals surface area contributed by atoms with Crippen molar-refractivity contribution in [2.75, 3.05) is 0 Å². The second-order valence-corrected chi connectivity index (χ2v) is 12.4. The van der Waals surface area contributed by atoms with Gasteiger partial charge in [-0.2, -0.15) is 0 Å². The fraction of sp³-hybridized carbons (Fsp3) is 0.741. The van der Waals surface area contributed by atoms with E-state index in [1.54, 1.807) is 19.1 Å². The van der Waals surface area contributed by atoms with Crippen LogP contribution in [0.3, 0.4) is 0 Å². The molecule has 0 aromatic rings. The highest BCUT2D eigenvalue weighted by Crippen LogP contribution is 2.69. The van der Waals surface area contributed by atoms with E-state index in [4.69, 9.17) is 18.9 Å². The van der Waals surface area contributed by atoms with Crippen molar-refractivity contribution in [1.82, 2.24) is 0 Å². The number of aliphatic hydroxyl groups is 1. The average Bonchev–Trinajstić information content (AvgIpc) is 3.38.